The van der Waals surface area contributed by atoms with E-state index in [1.54, 1.807) is 4.57 Å². The van der Waals surface area contributed by atoms with Gasteiger partial charge in [-0.3, -0.25) is 9.88 Å². The number of guanidine groups is 1. The Morgan fingerprint density at radius 3 is 2.52 bits per heavy atom. The fourth-order valence-electron chi connectivity index (χ4n) is 2.98. The van der Waals surface area contributed by atoms with Gasteiger partial charge in [-0.05, 0) is 36.4 Å². The van der Waals surface area contributed by atoms with Crippen LogP contribution in [0.4, 0.5) is 18.9 Å². The highest BCUT2D eigenvalue weighted by atomic mass is 19.4. The maximum Gasteiger partial charge on any atom is 0.416 e. The van der Waals surface area contributed by atoms with Crippen LogP contribution in [0.3, 0.4) is 0 Å². The van der Waals surface area contributed by atoms with Gasteiger partial charge in [0.15, 0.2) is 0 Å². The maximum absolute atomic E-state index is 12.8. The summed E-state index contributed by atoms with van der Waals surface area (Å²) in [4.78, 5) is 9.02. The number of nitrogens with two attached hydrogens (primary N) is 2. The van der Waals surface area contributed by atoms with Crippen LogP contribution < -0.4 is 16.5 Å². The minimum Gasteiger partial charge on any atom is -0.399 e. The molecule has 2 aromatic carbocycles. The van der Waals surface area contributed by atoms with E-state index in [1.807, 2.05) is 31.2 Å². The molecule has 0 unspecified atom stereocenters. The summed E-state index contributed by atoms with van der Waals surface area (Å²) in [7, 11) is 0. The molecule has 0 atom stereocenters. The Bertz CT molecular complexity index is 1150. The van der Waals surface area contributed by atoms with Crippen LogP contribution in [0.15, 0.2) is 71.9 Å². The first-order valence-electron chi connectivity index (χ1n) is 9.36. The quantitative estimate of drug-likeness (QED) is 0.215. The first-order valence-corrected chi connectivity index (χ1v) is 9.36. The van der Waals surface area contributed by atoms with Crippen molar-refractivity contribution in [1.29, 1.82) is 0 Å². The first kappa shape index (κ1) is 22.1. The molecule has 0 spiro atoms. The summed E-state index contributed by atoms with van der Waals surface area (Å²) in [6.07, 6.45) is -2.32. The normalized spacial score (nSPS) is 12.9. The third kappa shape index (κ3) is 5.11. The second kappa shape index (κ2) is 9.02. The number of imidazole rings is 1. The lowest BCUT2D eigenvalue weighted by atomic mass is 10.2. The zero-order valence-corrected chi connectivity index (χ0v) is 16.7. The fraction of sp³-hybridized carbons (Fsp3) is 0.143. The number of quaternary nitrogens is 1. The highest BCUT2D eigenvalue weighted by Crippen LogP contribution is 2.30. The summed E-state index contributed by atoms with van der Waals surface area (Å²) in [5.74, 6) is 1.04. The van der Waals surface area contributed by atoms with Crippen LogP contribution in [-0.2, 0) is 12.6 Å². The van der Waals surface area contributed by atoms with Crippen molar-refractivity contribution in [2.45, 2.75) is 19.5 Å². The third-order valence-corrected chi connectivity index (χ3v) is 4.33. The predicted octanol–water partition coefficient (Wildman–Crippen LogP) is 3.31. The van der Waals surface area contributed by atoms with Crippen molar-refractivity contribution in [2.24, 2.45) is 10.7 Å². The van der Waals surface area contributed by atoms with Crippen molar-refractivity contribution >= 4 is 28.5 Å². The lowest BCUT2D eigenvalue weighted by molar-refractivity contribution is -0.801. The highest BCUT2D eigenvalue weighted by molar-refractivity contribution is 5.90. The molecule has 0 bridgehead atoms. The van der Waals surface area contributed by atoms with E-state index in [-0.39, 0.29) is 11.7 Å². The number of aliphatic imine (C=N–C) groups is 1. The van der Waals surface area contributed by atoms with E-state index in [9.17, 15) is 18.4 Å². The number of halogens is 3. The zero-order chi connectivity index (χ0) is 22.6. The van der Waals surface area contributed by atoms with E-state index in [0.717, 1.165) is 28.6 Å². The van der Waals surface area contributed by atoms with Gasteiger partial charge in [0.25, 0.3) is 0 Å². The fourth-order valence-corrected chi connectivity index (χ4v) is 2.98. The number of alkyl halides is 3. The van der Waals surface area contributed by atoms with Crippen LogP contribution in [0.2, 0.25) is 0 Å². The first-order chi connectivity index (χ1) is 14.7. The Hall–Kier alpha value is -3.63. The number of aryl methyl sites for hydroxylation is 1. The predicted molar refractivity (Wildman–Crippen MR) is 113 cm³/mol. The van der Waals surface area contributed by atoms with Crippen LogP contribution in [0.1, 0.15) is 18.3 Å². The molecule has 0 saturated carbocycles. The number of rotatable bonds is 5. The molecule has 10 heteroatoms. The van der Waals surface area contributed by atoms with Gasteiger partial charge in [-0.15, -0.1) is 5.48 Å². The number of fused-ring (bicyclic) bond motifs is 1. The average molecular weight is 431 g/mol. The summed E-state index contributed by atoms with van der Waals surface area (Å²) < 4.78 is 40.1. The summed E-state index contributed by atoms with van der Waals surface area (Å²) in [5, 5.41) is 12.5. The molecule has 0 amide bonds. The Kier molecular flexibility index (Phi) is 6.42. The molecular weight excluding hydrogens is 409 g/mol. The number of allylic oxidation sites excluding steroid dienone is 1. The van der Waals surface area contributed by atoms with Crippen LogP contribution in [0.25, 0.3) is 16.9 Å². The molecule has 6 N–H and O–H groups in total. The molecule has 0 aliphatic rings. The van der Waals surface area contributed by atoms with E-state index < -0.39 is 11.7 Å². The van der Waals surface area contributed by atoms with Gasteiger partial charge in [0.2, 0.25) is 0 Å². The molecule has 7 nitrogen and oxygen atoms in total. The topological polar surface area (TPSA) is 105 Å². The molecule has 0 saturated heterocycles. The van der Waals surface area contributed by atoms with Crippen LogP contribution in [0.5, 0.6) is 0 Å². The number of hydrogen-bond donors (Lipinski definition) is 4. The van der Waals surface area contributed by atoms with Crippen molar-refractivity contribution in [3.05, 3.63) is 78.3 Å². The van der Waals surface area contributed by atoms with E-state index in [0.29, 0.717) is 23.8 Å². The molecule has 3 rings (SSSR count). The minimum absolute atomic E-state index is 0.00732. The van der Waals surface area contributed by atoms with Crippen molar-refractivity contribution in [3.63, 3.8) is 0 Å². The van der Waals surface area contributed by atoms with Crippen molar-refractivity contribution in [3.8, 4) is 0 Å². The summed E-state index contributed by atoms with van der Waals surface area (Å²) in [6, 6.07) is 11.8. The van der Waals surface area contributed by atoms with Gasteiger partial charge < -0.3 is 5.73 Å². The van der Waals surface area contributed by atoms with Gasteiger partial charge in [0, 0.05) is 23.9 Å². The number of benzene rings is 2. The van der Waals surface area contributed by atoms with Gasteiger partial charge >= 0.3 is 12.1 Å². The number of para-hydroxylation sites is 2. The molecule has 1 aromatic heterocycles. The SMILES string of the molecule is C=C(N)/C=C(\N=C(\Nc1ccc(C(F)(F)F)cc1)[NH2+]O)n1c(CC)nc2ccccc21. The summed E-state index contributed by atoms with van der Waals surface area (Å²) in [6.45, 7) is 5.63. The molecule has 162 valence electrons. The average Bonchev–Trinajstić information content (AvgIpc) is 3.10. The lowest BCUT2D eigenvalue weighted by Crippen LogP contribution is -2.86. The number of hydrogen-bond acceptors (Lipinski definition) is 4. The van der Waals surface area contributed by atoms with E-state index in [2.05, 4.69) is 21.9 Å². The molecule has 0 fully saturated rings. The molecule has 0 radical (unpaired) electrons. The van der Waals surface area contributed by atoms with Gasteiger partial charge in [0.05, 0.1) is 16.6 Å². The minimum atomic E-state index is -4.44. The molecule has 3 aromatic rings. The Morgan fingerprint density at radius 1 is 1.26 bits per heavy atom. The number of anilines is 1. The molecule has 31 heavy (non-hydrogen) atoms. The number of hydroxylamine groups is 1. The van der Waals surface area contributed by atoms with Crippen molar-refractivity contribution in [2.75, 3.05) is 5.32 Å². The second-order valence-electron chi connectivity index (χ2n) is 6.61. The Labute approximate surface area is 176 Å². The number of nitrogens with one attached hydrogen (secondary N) is 1. The highest BCUT2D eigenvalue weighted by Gasteiger charge is 2.30. The standard InChI is InChI=1S/C21H21F3N6O/c1-3-18-27-16-6-4-5-7-17(16)30(18)19(12-13(2)25)28-20(29-31)26-15-10-8-14(9-11-15)21(22,23)24/h4-12,31H,2-3,25H2,1H3,(H2,26,28,29)/p+1/b19-12+. The van der Waals surface area contributed by atoms with Gasteiger partial charge in [-0.25, -0.2) is 10.2 Å². The summed E-state index contributed by atoms with van der Waals surface area (Å²) >= 11 is 0. The monoisotopic (exact) mass is 431 g/mol. The molecule has 0 aliphatic heterocycles. The van der Waals surface area contributed by atoms with E-state index in [4.69, 9.17) is 5.73 Å². The smallest absolute Gasteiger partial charge is 0.399 e. The van der Waals surface area contributed by atoms with Gasteiger partial charge in [-0.1, -0.05) is 25.6 Å². The van der Waals surface area contributed by atoms with Crippen LogP contribution in [-0.4, -0.2) is 20.7 Å². The van der Waals surface area contributed by atoms with Crippen molar-refractivity contribution < 1.29 is 23.9 Å². The van der Waals surface area contributed by atoms with Crippen molar-refractivity contribution in [1.82, 2.24) is 9.55 Å². The third-order valence-electron chi connectivity index (χ3n) is 4.33. The van der Waals surface area contributed by atoms with Crippen LogP contribution in [0, 0.1) is 0 Å². The maximum atomic E-state index is 12.8. The molecular formula is C21H22F3N6O+. The summed E-state index contributed by atoms with van der Waals surface area (Å²) in [5.41, 5.74) is 7.81. The van der Waals surface area contributed by atoms with Crippen LogP contribution >= 0.6 is 0 Å². The Morgan fingerprint density at radius 2 is 1.94 bits per heavy atom. The van der Waals surface area contributed by atoms with Gasteiger partial charge in [-0.2, -0.15) is 18.2 Å². The van der Waals surface area contributed by atoms with E-state index >= 15 is 0 Å². The number of aromatic nitrogens is 2. The largest absolute Gasteiger partial charge is 0.416 e. The Balaban J connectivity index is 2.02. The van der Waals surface area contributed by atoms with E-state index in [1.165, 1.54) is 18.2 Å². The lowest BCUT2D eigenvalue weighted by Gasteiger charge is -2.11. The molecule has 1 heterocycles. The zero-order valence-electron chi connectivity index (χ0n) is 16.7. The number of nitrogens with zero attached hydrogens (tertiary/aromatic N) is 3. The molecule has 0 aliphatic carbocycles. The second-order valence-corrected chi connectivity index (χ2v) is 6.61. The van der Waals surface area contributed by atoms with Gasteiger partial charge in [0.1, 0.15) is 11.6 Å².